The Morgan fingerprint density at radius 2 is 1.90 bits per heavy atom. The first-order chi connectivity index (χ1) is 10.3. The van der Waals surface area contributed by atoms with E-state index in [-0.39, 0.29) is 0 Å². The summed E-state index contributed by atoms with van der Waals surface area (Å²) in [7, 11) is 0. The van der Waals surface area contributed by atoms with Gasteiger partial charge in [-0.3, -0.25) is 0 Å². The van der Waals surface area contributed by atoms with Crippen LogP contribution in [0.3, 0.4) is 0 Å². The van der Waals surface area contributed by atoms with Crippen molar-refractivity contribution in [3.63, 3.8) is 0 Å². The van der Waals surface area contributed by atoms with Gasteiger partial charge >= 0.3 is 0 Å². The van der Waals surface area contributed by atoms with Crippen LogP contribution in [0.2, 0.25) is 5.02 Å². The van der Waals surface area contributed by atoms with Crippen molar-refractivity contribution in [3.8, 4) is 0 Å². The average Bonchev–Trinajstić information content (AvgIpc) is 3.07. The number of nitrogens with one attached hydrogen (secondary N) is 1. The first-order valence-electron chi connectivity index (χ1n) is 7.30. The molecule has 1 N–H and O–H groups in total. The summed E-state index contributed by atoms with van der Waals surface area (Å²) in [5.74, 6) is 0. The monoisotopic (exact) mass is 313 g/mol. The summed E-state index contributed by atoms with van der Waals surface area (Å²) in [5, 5.41) is 5.77. The molecule has 0 saturated carbocycles. The molecule has 1 atom stereocenters. The van der Waals surface area contributed by atoms with Crippen LogP contribution >= 0.6 is 22.9 Å². The van der Waals surface area contributed by atoms with Gasteiger partial charge in [-0.1, -0.05) is 54.1 Å². The van der Waals surface area contributed by atoms with E-state index in [0.29, 0.717) is 6.04 Å². The highest BCUT2D eigenvalue weighted by Gasteiger charge is 2.21. The smallest absolute Gasteiger partial charge is 0.0636 e. The third-order valence-electron chi connectivity index (χ3n) is 4.24. The minimum Gasteiger partial charge on any atom is -0.305 e. The molecule has 1 aliphatic rings. The molecule has 3 heteroatoms. The third-order valence-corrected chi connectivity index (χ3v) is 5.96. The average molecular weight is 314 g/mol. The number of hydrogen-bond acceptors (Lipinski definition) is 2. The molecule has 0 spiro atoms. The number of rotatable bonds is 3. The molecule has 1 nitrogen and oxygen atoms in total. The minimum absolute atomic E-state index is 0.461. The van der Waals surface area contributed by atoms with E-state index < -0.39 is 0 Å². The first kappa shape index (κ1) is 13.3. The van der Waals surface area contributed by atoms with E-state index in [1.54, 1.807) is 11.3 Å². The number of benzene rings is 2. The van der Waals surface area contributed by atoms with Gasteiger partial charge in [-0.15, -0.1) is 11.3 Å². The molecule has 3 aromatic rings. The zero-order valence-electron chi connectivity index (χ0n) is 11.6. The topological polar surface area (TPSA) is 12.0 Å². The standard InChI is InChI=1S/C18H16ClNS/c19-18-14-7-3-4-8-16(14)21-17(18)11-20-15-10-9-12-5-1-2-6-13(12)15/h1-8,15,20H,9-11H2/t15-/m0/s1. The second-order valence-electron chi connectivity index (χ2n) is 5.51. The van der Waals surface area contributed by atoms with Gasteiger partial charge in [0.05, 0.1) is 5.02 Å². The van der Waals surface area contributed by atoms with E-state index in [1.165, 1.54) is 38.9 Å². The molecule has 4 rings (SSSR count). The zero-order valence-corrected chi connectivity index (χ0v) is 13.2. The normalized spacial score (nSPS) is 17.3. The van der Waals surface area contributed by atoms with E-state index in [0.717, 1.165) is 11.6 Å². The van der Waals surface area contributed by atoms with E-state index >= 15 is 0 Å². The molecule has 0 fully saturated rings. The Hall–Kier alpha value is -1.35. The van der Waals surface area contributed by atoms with Gasteiger partial charge in [-0.25, -0.2) is 0 Å². The van der Waals surface area contributed by atoms with Gasteiger partial charge in [0.1, 0.15) is 0 Å². The highest BCUT2D eigenvalue weighted by atomic mass is 35.5. The van der Waals surface area contributed by atoms with Crippen LogP contribution in [0.1, 0.15) is 28.5 Å². The van der Waals surface area contributed by atoms with Crippen molar-refractivity contribution in [2.45, 2.75) is 25.4 Å². The van der Waals surface area contributed by atoms with E-state index in [2.05, 4.69) is 47.8 Å². The third kappa shape index (κ3) is 2.38. The molecular formula is C18H16ClNS. The summed E-state index contributed by atoms with van der Waals surface area (Å²) in [6.07, 6.45) is 2.36. The van der Waals surface area contributed by atoms with Crippen molar-refractivity contribution in [2.75, 3.05) is 0 Å². The molecule has 106 valence electrons. The Balaban J connectivity index is 1.56. The molecule has 0 amide bonds. The second kappa shape index (κ2) is 5.45. The number of thiophene rings is 1. The fourth-order valence-corrected chi connectivity index (χ4v) is 4.61. The lowest BCUT2D eigenvalue weighted by Crippen LogP contribution is -2.18. The Morgan fingerprint density at radius 1 is 1.10 bits per heavy atom. The predicted molar refractivity (Wildman–Crippen MR) is 91.2 cm³/mol. The van der Waals surface area contributed by atoms with E-state index in [9.17, 15) is 0 Å². The fraction of sp³-hybridized carbons (Fsp3) is 0.222. The van der Waals surface area contributed by atoms with Gasteiger partial charge in [0.25, 0.3) is 0 Å². The van der Waals surface area contributed by atoms with E-state index in [1.807, 2.05) is 6.07 Å². The lowest BCUT2D eigenvalue weighted by Gasteiger charge is -2.13. The van der Waals surface area contributed by atoms with Crippen LogP contribution < -0.4 is 5.32 Å². The van der Waals surface area contributed by atoms with Crippen LogP contribution in [0.15, 0.2) is 48.5 Å². The van der Waals surface area contributed by atoms with Crippen molar-refractivity contribution < 1.29 is 0 Å². The van der Waals surface area contributed by atoms with Crippen molar-refractivity contribution >= 4 is 33.0 Å². The maximum atomic E-state index is 6.51. The molecule has 0 unspecified atom stereocenters. The summed E-state index contributed by atoms with van der Waals surface area (Å²) in [4.78, 5) is 1.24. The Bertz CT molecular complexity index is 793. The molecule has 0 aliphatic heterocycles. The van der Waals surface area contributed by atoms with E-state index in [4.69, 9.17) is 11.6 Å². The maximum absolute atomic E-state index is 6.51. The zero-order chi connectivity index (χ0) is 14.2. The van der Waals surface area contributed by atoms with Crippen LogP contribution in [-0.2, 0) is 13.0 Å². The highest BCUT2D eigenvalue weighted by molar-refractivity contribution is 7.19. The van der Waals surface area contributed by atoms with Crippen molar-refractivity contribution in [2.24, 2.45) is 0 Å². The largest absolute Gasteiger partial charge is 0.305 e. The number of halogens is 1. The number of hydrogen-bond donors (Lipinski definition) is 1. The van der Waals surface area contributed by atoms with Crippen LogP contribution in [0.4, 0.5) is 0 Å². The maximum Gasteiger partial charge on any atom is 0.0636 e. The fourth-order valence-electron chi connectivity index (χ4n) is 3.16. The lowest BCUT2D eigenvalue weighted by atomic mass is 10.1. The summed E-state index contributed by atoms with van der Waals surface area (Å²) in [5.41, 5.74) is 2.94. The van der Waals surface area contributed by atoms with Crippen molar-refractivity contribution in [1.29, 1.82) is 0 Å². The van der Waals surface area contributed by atoms with Gasteiger partial charge in [0.2, 0.25) is 0 Å². The second-order valence-corrected chi connectivity index (χ2v) is 7.02. The molecule has 21 heavy (non-hydrogen) atoms. The van der Waals surface area contributed by atoms with Crippen LogP contribution in [0, 0.1) is 0 Å². The molecule has 0 saturated heterocycles. The summed E-state index contributed by atoms with van der Waals surface area (Å²) in [6.45, 7) is 0.844. The van der Waals surface area contributed by atoms with Crippen LogP contribution in [0.5, 0.6) is 0 Å². The Morgan fingerprint density at radius 3 is 2.81 bits per heavy atom. The van der Waals surface area contributed by atoms with Gasteiger partial charge in [-0.2, -0.15) is 0 Å². The molecule has 0 radical (unpaired) electrons. The summed E-state index contributed by atoms with van der Waals surface area (Å²) >= 11 is 8.31. The molecule has 0 bridgehead atoms. The molecule has 1 aromatic heterocycles. The molecular weight excluding hydrogens is 298 g/mol. The quantitative estimate of drug-likeness (QED) is 0.689. The molecule has 1 heterocycles. The predicted octanol–water partition coefficient (Wildman–Crippen LogP) is 5.33. The SMILES string of the molecule is Clc1c(CN[C@H]2CCc3ccccc32)sc2ccccc12. The molecule has 2 aromatic carbocycles. The lowest BCUT2D eigenvalue weighted by molar-refractivity contribution is 0.533. The van der Waals surface area contributed by atoms with Crippen LogP contribution in [-0.4, -0.2) is 0 Å². The minimum atomic E-state index is 0.461. The van der Waals surface area contributed by atoms with Gasteiger partial charge in [0.15, 0.2) is 0 Å². The van der Waals surface area contributed by atoms with Crippen molar-refractivity contribution in [3.05, 3.63) is 69.6 Å². The number of aryl methyl sites for hydroxylation is 1. The summed E-state index contributed by atoms with van der Waals surface area (Å²) < 4.78 is 1.27. The molecule has 1 aliphatic carbocycles. The van der Waals surface area contributed by atoms with Gasteiger partial charge in [0, 0.05) is 27.5 Å². The number of fused-ring (bicyclic) bond motifs is 2. The van der Waals surface area contributed by atoms with Crippen molar-refractivity contribution in [1.82, 2.24) is 5.32 Å². The Kier molecular flexibility index (Phi) is 3.46. The first-order valence-corrected chi connectivity index (χ1v) is 8.49. The Labute approximate surface area is 133 Å². The van der Waals surface area contributed by atoms with Gasteiger partial charge < -0.3 is 5.32 Å². The van der Waals surface area contributed by atoms with Crippen LogP contribution in [0.25, 0.3) is 10.1 Å². The highest BCUT2D eigenvalue weighted by Crippen LogP contribution is 2.36. The van der Waals surface area contributed by atoms with Gasteiger partial charge in [-0.05, 0) is 30.0 Å². The summed E-state index contributed by atoms with van der Waals surface area (Å²) in [6, 6.07) is 17.6.